The molecular formula is C13H15N3. The van der Waals surface area contributed by atoms with Crippen molar-refractivity contribution in [1.82, 2.24) is 9.55 Å². The summed E-state index contributed by atoms with van der Waals surface area (Å²) in [7, 11) is 0. The van der Waals surface area contributed by atoms with Gasteiger partial charge in [-0.05, 0) is 37.8 Å². The number of para-hydroxylation sites is 2. The van der Waals surface area contributed by atoms with Crippen molar-refractivity contribution < 1.29 is 0 Å². The summed E-state index contributed by atoms with van der Waals surface area (Å²) >= 11 is 0. The van der Waals surface area contributed by atoms with Crippen molar-refractivity contribution in [3.63, 3.8) is 0 Å². The van der Waals surface area contributed by atoms with Gasteiger partial charge in [0.15, 0.2) is 0 Å². The fourth-order valence-corrected chi connectivity index (χ4v) is 2.38. The lowest BCUT2D eigenvalue weighted by Gasteiger charge is -2.15. The number of aryl methyl sites for hydroxylation is 1. The van der Waals surface area contributed by atoms with E-state index in [9.17, 15) is 0 Å². The van der Waals surface area contributed by atoms with Gasteiger partial charge < -0.3 is 10.3 Å². The molecule has 0 atom stereocenters. The quantitative estimate of drug-likeness (QED) is 0.739. The molecule has 3 nitrogen and oxygen atoms in total. The van der Waals surface area contributed by atoms with Crippen LogP contribution in [0, 0.1) is 0 Å². The number of nitrogen functional groups attached to an aromatic ring is 1. The summed E-state index contributed by atoms with van der Waals surface area (Å²) in [6.45, 7) is 0. The summed E-state index contributed by atoms with van der Waals surface area (Å²) in [5.74, 6) is 0. The van der Waals surface area contributed by atoms with E-state index in [2.05, 4.69) is 9.55 Å². The molecule has 1 heterocycles. The highest BCUT2D eigenvalue weighted by Crippen LogP contribution is 2.25. The Kier molecular flexibility index (Phi) is 2.17. The lowest BCUT2D eigenvalue weighted by molar-refractivity contribution is 0.656. The first-order chi connectivity index (χ1) is 7.86. The van der Waals surface area contributed by atoms with Gasteiger partial charge in [-0.3, -0.25) is 0 Å². The molecule has 1 aliphatic carbocycles. The maximum atomic E-state index is 6.00. The lowest BCUT2D eigenvalue weighted by atomic mass is 10.0. The number of anilines is 1. The maximum absolute atomic E-state index is 6.00. The monoisotopic (exact) mass is 213 g/mol. The van der Waals surface area contributed by atoms with Crippen molar-refractivity contribution in [1.29, 1.82) is 0 Å². The largest absolute Gasteiger partial charge is 0.397 e. The molecule has 3 rings (SSSR count). The van der Waals surface area contributed by atoms with Crippen molar-refractivity contribution in [2.24, 2.45) is 0 Å². The zero-order valence-corrected chi connectivity index (χ0v) is 9.19. The van der Waals surface area contributed by atoms with Crippen LogP contribution in [0.25, 0.3) is 5.69 Å². The van der Waals surface area contributed by atoms with E-state index in [-0.39, 0.29) is 0 Å². The molecule has 2 aromatic rings. The smallest absolute Gasteiger partial charge is 0.0998 e. The van der Waals surface area contributed by atoms with Gasteiger partial charge in [-0.1, -0.05) is 12.1 Å². The van der Waals surface area contributed by atoms with E-state index in [0.29, 0.717) is 0 Å². The zero-order chi connectivity index (χ0) is 11.0. The summed E-state index contributed by atoms with van der Waals surface area (Å²) < 4.78 is 2.14. The zero-order valence-electron chi connectivity index (χ0n) is 9.19. The number of imidazole rings is 1. The van der Waals surface area contributed by atoms with Gasteiger partial charge in [0.2, 0.25) is 0 Å². The second kappa shape index (κ2) is 3.67. The van der Waals surface area contributed by atoms with Gasteiger partial charge in [0.1, 0.15) is 0 Å². The Balaban J connectivity index is 2.13. The molecule has 1 aromatic carbocycles. The SMILES string of the molecule is Nc1ccccc1-n1cnc2c1CCCC2. The molecule has 3 heteroatoms. The van der Waals surface area contributed by atoms with Gasteiger partial charge >= 0.3 is 0 Å². The van der Waals surface area contributed by atoms with E-state index >= 15 is 0 Å². The summed E-state index contributed by atoms with van der Waals surface area (Å²) in [5, 5.41) is 0. The van der Waals surface area contributed by atoms with E-state index in [1.54, 1.807) is 0 Å². The minimum absolute atomic E-state index is 0.813. The van der Waals surface area contributed by atoms with E-state index in [4.69, 9.17) is 5.73 Å². The number of fused-ring (bicyclic) bond motifs is 1. The Morgan fingerprint density at radius 1 is 1.12 bits per heavy atom. The predicted octanol–water partition coefficient (Wildman–Crippen LogP) is 2.33. The van der Waals surface area contributed by atoms with Gasteiger partial charge in [0.05, 0.1) is 23.4 Å². The highest BCUT2D eigenvalue weighted by atomic mass is 15.1. The number of benzene rings is 1. The molecule has 0 radical (unpaired) electrons. The van der Waals surface area contributed by atoms with Gasteiger partial charge in [-0.15, -0.1) is 0 Å². The first kappa shape index (κ1) is 9.46. The van der Waals surface area contributed by atoms with Gasteiger partial charge in [0, 0.05) is 5.69 Å². The molecule has 0 bridgehead atoms. The van der Waals surface area contributed by atoms with E-state index < -0.39 is 0 Å². The number of nitrogens with two attached hydrogens (primary N) is 1. The van der Waals surface area contributed by atoms with Crippen LogP contribution in [0.2, 0.25) is 0 Å². The first-order valence-electron chi connectivity index (χ1n) is 5.76. The highest BCUT2D eigenvalue weighted by Gasteiger charge is 2.16. The van der Waals surface area contributed by atoms with Crippen molar-refractivity contribution >= 4 is 5.69 Å². The summed E-state index contributed by atoms with van der Waals surface area (Å²) in [5.41, 5.74) is 10.4. The minimum Gasteiger partial charge on any atom is -0.397 e. The van der Waals surface area contributed by atoms with Crippen LogP contribution in [0.5, 0.6) is 0 Å². The Bertz CT molecular complexity index is 514. The van der Waals surface area contributed by atoms with E-state index in [1.165, 1.54) is 24.2 Å². The molecule has 2 N–H and O–H groups in total. The molecule has 0 spiro atoms. The third-order valence-electron chi connectivity index (χ3n) is 3.23. The van der Waals surface area contributed by atoms with Crippen LogP contribution in [0.3, 0.4) is 0 Å². The number of hydrogen-bond donors (Lipinski definition) is 1. The molecule has 0 fully saturated rings. The van der Waals surface area contributed by atoms with Gasteiger partial charge in [-0.2, -0.15) is 0 Å². The number of hydrogen-bond acceptors (Lipinski definition) is 2. The van der Waals surface area contributed by atoms with Gasteiger partial charge in [0.25, 0.3) is 0 Å². The third kappa shape index (κ3) is 1.40. The average molecular weight is 213 g/mol. The molecule has 0 aliphatic heterocycles. The van der Waals surface area contributed by atoms with Crippen LogP contribution in [0.4, 0.5) is 5.69 Å². The minimum atomic E-state index is 0.813. The predicted molar refractivity (Wildman–Crippen MR) is 64.6 cm³/mol. The molecular weight excluding hydrogens is 198 g/mol. The van der Waals surface area contributed by atoms with Crippen LogP contribution >= 0.6 is 0 Å². The van der Waals surface area contributed by atoms with Crippen molar-refractivity contribution in [2.75, 3.05) is 5.73 Å². The average Bonchev–Trinajstić information content (AvgIpc) is 2.74. The molecule has 1 aromatic heterocycles. The maximum Gasteiger partial charge on any atom is 0.0998 e. The first-order valence-corrected chi connectivity index (χ1v) is 5.76. The Morgan fingerprint density at radius 2 is 1.94 bits per heavy atom. The summed E-state index contributed by atoms with van der Waals surface area (Å²) in [6.07, 6.45) is 6.64. The summed E-state index contributed by atoms with van der Waals surface area (Å²) in [4.78, 5) is 4.48. The number of rotatable bonds is 1. The molecule has 0 unspecified atom stereocenters. The molecule has 82 valence electrons. The Morgan fingerprint density at radius 3 is 2.81 bits per heavy atom. The van der Waals surface area contributed by atoms with Crippen molar-refractivity contribution in [2.45, 2.75) is 25.7 Å². The van der Waals surface area contributed by atoms with Crippen molar-refractivity contribution in [3.8, 4) is 5.69 Å². The fourth-order valence-electron chi connectivity index (χ4n) is 2.38. The second-order valence-corrected chi connectivity index (χ2v) is 4.27. The Hall–Kier alpha value is -1.77. The van der Waals surface area contributed by atoms with Crippen LogP contribution in [-0.2, 0) is 12.8 Å². The molecule has 0 amide bonds. The lowest BCUT2D eigenvalue weighted by Crippen LogP contribution is -2.08. The molecule has 0 saturated heterocycles. The van der Waals surface area contributed by atoms with Gasteiger partial charge in [-0.25, -0.2) is 4.98 Å². The summed E-state index contributed by atoms with van der Waals surface area (Å²) in [6, 6.07) is 7.96. The van der Waals surface area contributed by atoms with E-state index in [0.717, 1.165) is 24.2 Å². The Labute approximate surface area is 94.9 Å². The topological polar surface area (TPSA) is 43.8 Å². The van der Waals surface area contributed by atoms with Crippen LogP contribution in [0.1, 0.15) is 24.2 Å². The molecule has 16 heavy (non-hydrogen) atoms. The highest BCUT2D eigenvalue weighted by molar-refractivity contribution is 5.58. The van der Waals surface area contributed by atoms with Crippen molar-refractivity contribution in [3.05, 3.63) is 42.0 Å². The number of nitrogens with zero attached hydrogens (tertiary/aromatic N) is 2. The standard InChI is InChI=1S/C13H15N3/c14-10-5-1-3-7-12(10)16-9-15-11-6-2-4-8-13(11)16/h1,3,5,7,9H,2,4,6,8,14H2. The second-order valence-electron chi connectivity index (χ2n) is 4.27. The molecule has 0 saturated carbocycles. The van der Waals surface area contributed by atoms with Crippen LogP contribution in [0.15, 0.2) is 30.6 Å². The fraction of sp³-hybridized carbons (Fsp3) is 0.308. The number of aromatic nitrogens is 2. The van der Waals surface area contributed by atoms with Crippen LogP contribution < -0.4 is 5.73 Å². The third-order valence-corrected chi connectivity index (χ3v) is 3.23. The molecule has 1 aliphatic rings. The van der Waals surface area contributed by atoms with Crippen LogP contribution in [-0.4, -0.2) is 9.55 Å². The van der Waals surface area contributed by atoms with E-state index in [1.807, 2.05) is 30.6 Å². The normalized spacial score (nSPS) is 14.8.